The van der Waals surface area contributed by atoms with Crippen LogP contribution < -0.4 is 10.0 Å². The van der Waals surface area contributed by atoms with Crippen molar-refractivity contribution in [1.82, 2.24) is 19.7 Å². The molecule has 4 rings (SSSR count). The van der Waals surface area contributed by atoms with Crippen LogP contribution in [-0.2, 0) is 10.0 Å². The van der Waals surface area contributed by atoms with E-state index >= 15 is 0 Å². The van der Waals surface area contributed by atoms with Crippen LogP contribution in [0, 0.1) is 0 Å². The fourth-order valence-electron chi connectivity index (χ4n) is 2.79. The Morgan fingerprint density at radius 1 is 1.12 bits per heavy atom. The van der Waals surface area contributed by atoms with Gasteiger partial charge in [0.25, 0.3) is 0 Å². The Morgan fingerprint density at radius 2 is 1.96 bits per heavy atom. The number of hydrogen-bond donors (Lipinski definition) is 3. The third-order valence-corrected chi connectivity index (χ3v) is 5.93. The lowest BCUT2D eigenvalue weighted by molar-refractivity contribution is 0.588. The normalized spacial score (nSPS) is 11.9. The first-order valence-electron chi connectivity index (χ1n) is 7.70. The first kappa shape index (κ1) is 17.0. The Morgan fingerprint density at radius 3 is 2.77 bits per heavy atom. The molecule has 0 bridgehead atoms. The van der Waals surface area contributed by atoms with E-state index in [9.17, 15) is 8.42 Å². The molecule has 0 aliphatic heterocycles. The van der Waals surface area contributed by atoms with E-state index in [2.05, 4.69) is 40.9 Å². The van der Waals surface area contributed by atoms with Crippen molar-refractivity contribution < 1.29 is 8.42 Å². The zero-order valence-corrected chi connectivity index (χ0v) is 16.0. The molecule has 0 amide bonds. The van der Waals surface area contributed by atoms with Gasteiger partial charge in [0.2, 0.25) is 10.0 Å². The van der Waals surface area contributed by atoms with Gasteiger partial charge in [0.05, 0.1) is 10.3 Å². The van der Waals surface area contributed by atoms with Crippen LogP contribution in [0.4, 0.5) is 11.5 Å². The fourth-order valence-corrected chi connectivity index (χ4v) is 3.93. The minimum absolute atomic E-state index is 0.179. The SMILES string of the molecule is CNS(=O)(=O)c1cccc(Nc2ncnc3[nH]c4cc(Br)ccc4c23)c1. The summed E-state index contributed by atoms with van der Waals surface area (Å²) in [5.41, 5.74) is 2.26. The number of aromatic amines is 1. The van der Waals surface area contributed by atoms with Gasteiger partial charge in [0, 0.05) is 21.1 Å². The van der Waals surface area contributed by atoms with Gasteiger partial charge >= 0.3 is 0 Å². The number of nitrogens with zero attached hydrogens (tertiary/aromatic N) is 2. The summed E-state index contributed by atoms with van der Waals surface area (Å²) >= 11 is 3.46. The lowest BCUT2D eigenvalue weighted by Gasteiger charge is -2.09. The van der Waals surface area contributed by atoms with Crippen molar-refractivity contribution in [2.24, 2.45) is 0 Å². The highest BCUT2D eigenvalue weighted by atomic mass is 79.9. The van der Waals surface area contributed by atoms with Crippen molar-refractivity contribution in [1.29, 1.82) is 0 Å². The topological polar surface area (TPSA) is 99.8 Å². The molecular weight excluding hydrogens is 418 g/mol. The molecule has 7 nitrogen and oxygen atoms in total. The summed E-state index contributed by atoms with van der Waals surface area (Å²) in [6.45, 7) is 0. The molecule has 2 heterocycles. The van der Waals surface area contributed by atoms with E-state index < -0.39 is 10.0 Å². The van der Waals surface area contributed by atoms with E-state index in [1.165, 1.54) is 19.4 Å². The average Bonchev–Trinajstić information content (AvgIpc) is 3.00. The second-order valence-corrected chi connectivity index (χ2v) is 8.42. The predicted octanol–water partition coefficient (Wildman–Crippen LogP) is 3.53. The second kappa shape index (κ2) is 6.35. The molecule has 0 fully saturated rings. The van der Waals surface area contributed by atoms with Gasteiger partial charge in [-0.3, -0.25) is 0 Å². The highest BCUT2D eigenvalue weighted by Gasteiger charge is 2.14. The van der Waals surface area contributed by atoms with E-state index in [1.54, 1.807) is 18.2 Å². The number of nitrogens with one attached hydrogen (secondary N) is 3. The summed E-state index contributed by atoms with van der Waals surface area (Å²) in [6, 6.07) is 12.5. The second-order valence-electron chi connectivity index (χ2n) is 5.62. The van der Waals surface area contributed by atoms with E-state index in [4.69, 9.17) is 0 Å². The lowest BCUT2D eigenvalue weighted by atomic mass is 10.2. The highest BCUT2D eigenvalue weighted by molar-refractivity contribution is 9.10. The van der Waals surface area contributed by atoms with E-state index in [-0.39, 0.29) is 4.90 Å². The molecule has 132 valence electrons. The molecular formula is C17H14BrN5O2S. The number of halogens is 1. The van der Waals surface area contributed by atoms with Crippen LogP contribution in [0.15, 0.2) is 58.2 Å². The van der Waals surface area contributed by atoms with Gasteiger partial charge in [-0.2, -0.15) is 0 Å². The van der Waals surface area contributed by atoms with Crippen LogP contribution in [0.25, 0.3) is 21.9 Å². The van der Waals surface area contributed by atoms with Crippen molar-refractivity contribution in [2.45, 2.75) is 4.90 Å². The molecule has 2 aromatic carbocycles. The Kier molecular flexibility index (Phi) is 4.14. The van der Waals surface area contributed by atoms with Crippen LogP contribution in [0.5, 0.6) is 0 Å². The van der Waals surface area contributed by atoms with Crippen LogP contribution >= 0.6 is 15.9 Å². The molecule has 4 aromatic rings. The minimum Gasteiger partial charge on any atom is -0.340 e. The van der Waals surface area contributed by atoms with E-state index in [1.807, 2.05) is 18.2 Å². The van der Waals surface area contributed by atoms with Gasteiger partial charge in [-0.05, 0) is 37.4 Å². The number of anilines is 2. The standard InChI is InChI=1S/C17H14BrN5O2S/c1-19-26(24,25)12-4-2-3-11(8-12)22-16-15-13-6-5-10(18)7-14(13)23-17(15)21-9-20-16/h2-9,19H,1H3,(H2,20,21,22,23). The van der Waals surface area contributed by atoms with Crippen molar-refractivity contribution in [3.63, 3.8) is 0 Å². The molecule has 3 N–H and O–H groups in total. The number of aromatic nitrogens is 3. The highest BCUT2D eigenvalue weighted by Crippen LogP contribution is 2.32. The molecule has 0 radical (unpaired) electrons. The van der Waals surface area contributed by atoms with Crippen molar-refractivity contribution >= 4 is 59.4 Å². The molecule has 0 unspecified atom stereocenters. The summed E-state index contributed by atoms with van der Waals surface area (Å²) < 4.78 is 27.3. The van der Waals surface area contributed by atoms with Gasteiger partial charge in [-0.1, -0.05) is 28.1 Å². The van der Waals surface area contributed by atoms with Gasteiger partial charge < -0.3 is 10.3 Å². The van der Waals surface area contributed by atoms with E-state index in [0.29, 0.717) is 17.2 Å². The lowest BCUT2D eigenvalue weighted by Crippen LogP contribution is -2.18. The molecule has 0 atom stereocenters. The Hall–Kier alpha value is -2.49. The van der Waals surface area contributed by atoms with Crippen LogP contribution in [-0.4, -0.2) is 30.4 Å². The number of H-pyrrole nitrogens is 1. The van der Waals surface area contributed by atoms with Gasteiger partial charge in [0.15, 0.2) is 0 Å². The fraction of sp³-hybridized carbons (Fsp3) is 0.0588. The number of rotatable bonds is 4. The van der Waals surface area contributed by atoms with Crippen molar-refractivity contribution in [2.75, 3.05) is 12.4 Å². The number of sulfonamides is 1. The molecule has 0 saturated heterocycles. The Balaban J connectivity index is 1.83. The maximum Gasteiger partial charge on any atom is 0.240 e. The van der Waals surface area contributed by atoms with Crippen LogP contribution in [0.1, 0.15) is 0 Å². The predicted molar refractivity (Wildman–Crippen MR) is 105 cm³/mol. The number of benzene rings is 2. The maximum atomic E-state index is 12.0. The molecule has 9 heteroatoms. The molecule has 0 aliphatic carbocycles. The Labute approximate surface area is 158 Å². The molecule has 0 saturated carbocycles. The number of fused-ring (bicyclic) bond motifs is 3. The minimum atomic E-state index is -3.52. The quantitative estimate of drug-likeness (QED) is 0.458. The number of hydrogen-bond acceptors (Lipinski definition) is 5. The monoisotopic (exact) mass is 431 g/mol. The molecule has 26 heavy (non-hydrogen) atoms. The third kappa shape index (κ3) is 2.94. The maximum absolute atomic E-state index is 12.0. The largest absolute Gasteiger partial charge is 0.340 e. The van der Waals surface area contributed by atoms with Crippen LogP contribution in [0.3, 0.4) is 0 Å². The zero-order chi connectivity index (χ0) is 18.3. The van der Waals surface area contributed by atoms with Gasteiger partial charge in [0.1, 0.15) is 17.8 Å². The smallest absolute Gasteiger partial charge is 0.240 e. The molecule has 0 spiro atoms. The first-order valence-corrected chi connectivity index (χ1v) is 9.98. The summed E-state index contributed by atoms with van der Waals surface area (Å²) in [6.07, 6.45) is 1.46. The first-order chi connectivity index (χ1) is 12.5. The zero-order valence-electron chi connectivity index (χ0n) is 13.6. The van der Waals surface area contributed by atoms with E-state index in [0.717, 1.165) is 20.8 Å². The summed E-state index contributed by atoms with van der Waals surface area (Å²) in [5, 5.41) is 5.02. The van der Waals surface area contributed by atoms with Crippen molar-refractivity contribution in [3.05, 3.63) is 53.3 Å². The average molecular weight is 432 g/mol. The third-order valence-electron chi connectivity index (χ3n) is 4.03. The summed E-state index contributed by atoms with van der Waals surface area (Å²) in [4.78, 5) is 12.1. The molecule has 0 aliphatic rings. The van der Waals surface area contributed by atoms with Crippen LogP contribution in [0.2, 0.25) is 0 Å². The molecule has 2 aromatic heterocycles. The summed E-state index contributed by atoms with van der Waals surface area (Å²) in [5.74, 6) is 0.600. The van der Waals surface area contributed by atoms with Crippen molar-refractivity contribution in [3.8, 4) is 0 Å². The Bertz CT molecular complexity index is 1240. The summed E-state index contributed by atoms with van der Waals surface area (Å²) in [7, 11) is -2.14. The van der Waals surface area contributed by atoms with Gasteiger partial charge in [-0.15, -0.1) is 0 Å². The van der Waals surface area contributed by atoms with Gasteiger partial charge in [-0.25, -0.2) is 23.1 Å².